The molecule has 3 nitrogen and oxygen atoms in total. The maximum Gasteiger partial charge on any atom is 0.433 e. The van der Waals surface area contributed by atoms with Gasteiger partial charge in [0.1, 0.15) is 11.4 Å². The molecule has 0 aliphatic rings. The number of hydrogen-bond donors (Lipinski definition) is 0. The average molecular weight is 267 g/mol. The van der Waals surface area contributed by atoms with Gasteiger partial charge >= 0.3 is 12.1 Å². The van der Waals surface area contributed by atoms with Gasteiger partial charge in [-0.3, -0.25) is 4.98 Å². The van der Waals surface area contributed by atoms with Crippen LogP contribution in [0.1, 0.15) is 16.1 Å². The van der Waals surface area contributed by atoms with Gasteiger partial charge in [-0.1, -0.05) is 18.2 Å². The first-order valence-corrected chi connectivity index (χ1v) is 5.27. The molecule has 2 aromatic rings. The molecule has 2 rings (SSSR count). The van der Waals surface area contributed by atoms with Crippen LogP contribution in [0.2, 0.25) is 0 Å². The van der Waals surface area contributed by atoms with E-state index in [0.29, 0.717) is 5.75 Å². The number of hydrogen-bond acceptors (Lipinski definition) is 3. The van der Waals surface area contributed by atoms with Crippen molar-refractivity contribution < 1.29 is 22.7 Å². The summed E-state index contributed by atoms with van der Waals surface area (Å²) in [7, 11) is 0. The van der Waals surface area contributed by atoms with E-state index in [0.717, 1.165) is 18.3 Å². The monoisotopic (exact) mass is 267 g/mol. The molecule has 98 valence electrons. The van der Waals surface area contributed by atoms with Gasteiger partial charge in [0.25, 0.3) is 0 Å². The van der Waals surface area contributed by atoms with E-state index in [-0.39, 0.29) is 5.56 Å². The third-order valence-corrected chi connectivity index (χ3v) is 2.24. The molecule has 0 atom stereocenters. The second kappa shape index (κ2) is 5.09. The number of carbonyl (C=O) groups excluding carboxylic acids is 1. The predicted octanol–water partition coefficient (Wildman–Crippen LogP) is 3.32. The molecule has 0 fully saturated rings. The first-order valence-electron chi connectivity index (χ1n) is 5.27. The lowest BCUT2D eigenvalue weighted by molar-refractivity contribution is -0.141. The molecule has 0 aliphatic carbocycles. The van der Waals surface area contributed by atoms with Crippen LogP contribution in [-0.4, -0.2) is 11.0 Å². The van der Waals surface area contributed by atoms with Crippen molar-refractivity contribution in [1.82, 2.24) is 4.98 Å². The van der Waals surface area contributed by atoms with E-state index in [9.17, 15) is 18.0 Å². The quantitative estimate of drug-likeness (QED) is 0.619. The minimum Gasteiger partial charge on any atom is -0.423 e. The molecule has 6 heteroatoms. The van der Waals surface area contributed by atoms with Crippen molar-refractivity contribution in [3.05, 3.63) is 59.9 Å². The van der Waals surface area contributed by atoms with Gasteiger partial charge in [0.15, 0.2) is 0 Å². The number of ether oxygens (including phenoxy) is 1. The Labute approximate surface area is 106 Å². The van der Waals surface area contributed by atoms with Crippen molar-refractivity contribution in [1.29, 1.82) is 0 Å². The van der Waals surface area contributed by atoms with Crippen LogP contribution in [0.5, 0.6) is 5.75 Å². The van der Waals surface area contributed by atoms with Gasteiger partial charge in [-0.25, -0.2) is 4.79 Å². The van der Waals surface area contributed by atoms with E-state index in [2.05, 4.69) is 4.98 Å². The maximum absolute atomic E-state index is 12.3. The average Bonchev–Trinajstić information content (AvgIpc) is 2.39. The molecule has 19 heavy (non-hydrogen) atoms. The van der Waals surface area contributed by atoms with E-state index in [1.165, 1.54) is 0 Å². The Morgan fingerprint density at radius 2 is 1.74 bits per heavy atom. The van der Waals surface area contributed by atoms with Crippen LogP contribution in [0.25, 0.3) is 0 Å². The van der Waals surface area contributed by atoms with Gasteiger partial charge in [0.05, 0.1) is 5.56 Å². The number of para-hydroxylation sites is 1. The summed E-state index contributed by atoms with van der Waals surface area (Å²) in [5.74, 6) is -0.445. The van der Waals surface area contributed by atoms with Crippen molar-refractivity contribution in [3.8, 4) is 5.75 Å². The van der Waals surface area contributed by atoms with Crippen LogP contribution >= 0.6 is 0 Å². The molecule has 0 amide bonds. The van der Waals surface area contributed by atoms with Gasteiger partial charge in [0, 0.05) is 6.20 Å². The molecular weight excluding hydrogens is 259 g/mol. The fourth-order valence-corrected chi connectivity index (χ4v) is 1.34. The number of aromatic nitrogens is 1. The lowest BCUT2D eigenvalue weighted by Crippen LogP contribution is -2.12. The van der Waals surface area contributed by atoms with Gasteiger partial charge in [-0.05, 0) is 24.3 Å². The number of carbonyl (C=O) groups is 1. The Morgan fingerprint density at radius 3 is 2.26 bits per heavy atom. The molecule has 1 aromatic carbocycles. The van der Waals surface area contributed by atoms with Crippen LogP contribution in [0.3, 0.4) is 0 Å². The molecule has 0 spiro atoms. The second-order valence-corrected chi connectivity index (χ2v) is 3.63. The predicted molar refractivity (Wildman–Crippen MR) is 60.6 cm³/mol. The molecule has 0 bridgehead atoms. The molecule has 0 saturated heterocycles. The number of halogens is 3. The summed E-state index contributed by atoms with van der Waals surface area (Å²) >= 11 is 0. The van der Waals surface area contributed by atoms with E-state index in [4.69, 9.17) is 4.74 Å². The fraction of sp³-hybridized carbons (Fsp3) is 0.0769. The Bertz CT molecular complexity index is 565. The zero-order chi connectivity index (χ0) is 13.9. The van der Waals surface area contributed by atoms with Crippen molar-refractivity contribution in [3.63, 3.8) is 0 Å². The summed E-state index contributed by atoms with van der Waals surface area (Å²) in [6, 6.07) is 9.99. The minimum absolute atomic E-state index is 0.0446. The zero-order valence-electron chi connectivity index (χ0n) is 9.52. The smallest absolute Gasteiger partial charge is 0.423 e. The summed E-state index contributed by atoms with van der Waals surface area (Å²) in [6.45, 7) is 0. The first-order chi connectivity index (χ1) is 8.97. The molecule has 0 aliphatic heterocycles. The normalized spacial score (nSPS) is 11.1. The highest BCUT2D eigenvalue weighted by Crippen LogP contribution is 2.27. The summed E-state index contributed by atoms with van der Waals surface area (Å²) in [4.78, 5) is 14.8. The Hall–Kier alpha value is -2.37. The van der Waals surface area contributed by atoms with Crippen molar-refractivity contribution >= 4 is 5.97 Å². The third-order valence-electron chi connectivity index (χ3n) is 2.24. The topological polar surface area (TPSA) is 39.2 Å². The number of alkyl halides is 3. The summed E-state index contributed by atoms with van der Waals surface area (Å²) in [5.41, 5.74) is -1.10. The minimum atomic E-state index is -4.53. The highest BCUT2D eigenvalue weighted by Gasteiger charge is 2.32. The summed E-state index contributed by atoms with van der Waals surface area (Å²) in [6.07, 6.45) is -3.68. The van der Waals surface area contributed by atoms with Crippen LogP contribution in [0.4, 0.5) is 13.2 Å². The number of nitrogens with zero attached hydrogens (tertiary/aromatic N) is 1. The summed E-state index contributed by atoms with van der Waals surface area (Å²) < 4.78 is 41.8. The van der Waals surface area contributed by atoms with E-state index < -0.39 is 17.8 Å². The van der Waals surface area contributed by atoms with Crippen LogP contribution in [-0.2, 0) is 6.18 Å². The SMILES string of the molecule is O=C(Oc1ccccc1)c1ccc(C(F)(F)F)nc1. The molecule has 1 aromatic heterocycles. The van der Waals surface area contributed by atoms with E-state index >= 15 is 0 Å². The fourth-order valence-electron chi connectivity index (χ4n) is 1.34. The zero-order valence-corrected chi connectivity index (χ0v) is 9.52. The second-order valence-electron chi connectivity index (χ2n) is 3.63. The van der Waals surface area contributed by atoms with Crippen molar-refractivity contribution in [2.75, 3.05) is 0 Å². The number of esters is 1. The Morgan fingerprint density at radius 1 is 1.05 bits per heavy atom. The van der Waals surface area contributed by atoms with Crippen LogP contribution in [0.15, 0.2) is 48.7 Å². The van der Waals surface area contributed by atoms with Gasteiger partial charge in [-0.2, -0.15) is 13.2 Å². The maximum atomic E-state index is 12.3. The van der Waals surface area contributed by atoms with Crippen molar-refractivity contribution in [2.45, 2.75) is 6.18 Å². The molecule has 0 unspecified atom stereocenters. The van der Waals surface area contributed by atoms with Crippen molar-refractivity contribution in [2.24, 2.45) is 0 Å². The first kappa shape index (κ1) is 13.1. The van der Waals surface area contributed by atoms with E-state index in [1.807, 2.05) is 0 Å². The lowest BCUT2D eigenvalue weighted by Gasteiger charge is -2.06. The highest BCUT2D eigenvalue weighted by atomic mass is 19.4. The van der Waals surface area contributed by atoms with Crippen LogP contribution in [0, 0.1) is 0 Å². The highest BCUT2D eigenvalue weighted by molar-refractivity contribution is 5.90. The molecule has 0 saturated carbocycles. The Kier molecular flexibility index (Phi) is 3.50. The van der Waals surface area contributed by atoms with Gasteiger partial charge < -0.3 is 4.74 Å². The number of rotatable bonds is 2. The van der Waals surface area contributed by atoms with Crippen LogP contribution < -0.4 is 4.74 Å². The molecular formula is C13H8F3NO2. The third kappa shape index (κ3) is 3.31. The molecule has 0 N–H and O–H groups in total. The lowest BCUT2D eigenvalue weighted by atomic mass is 10.2. The number of pyridine rings is 1. The Balaban J connectivity index is 2.12. The van der Waals surface area contributed by atoms with E-state index in [1.54, 1.807) is 30.3 Å². The molecule has 1 heterocycles. The number of benzene rings is 1. The van der Waals surface area contributed by atoms with Gasteiger partial charge in [-0.15, -0.1) is 0 Å². The largest absolute Gasteiger partial charge is 0.433 e. The van der Waals surface area contributed by atoms with Gasteiger partial charge in [0.2, 0.25) is 0 Å². The standard InChI is InChI=1S/C13H8F3NO2/c14-13(15,16)11-7-6-9(8-17-11)12(18)19-10-4-2-1-3-5-10/h1-8H. The summed E-state index contributed by atoms with van der Waals surface area (Å²) in [5, 5.41) is 0. The molecule has 0 radical (unpaired) electrons.